The van der Waals surface area contributed by atoms with Gasteiger partial charge in [-0.1, -0.05) is 24.8 Å². The van der Waals surface area contributed by atoms with Crippen molar-refractivity contribution in [3.63, 3.8) is 0 Å². The van der Waals surface area contributed by atoms with Gasteiger partial charge in [-0.3, -0.25) is 4.79 Å². The Hall–Kier alpha value is -1.98. The SMILES string of the molecule is C=Cc1ccc(CC(=O)N2CCC(C(F)(F)F)CC2)c(OC)c1. The molecular weight excluding hydrogens is 307 g/mol. The fourth-order valence-electron chi connectivity index (χ4n) is 2.77. The van der Waals surface area contributed by atoms with Gasteiger partial charge in [0.25, 0.3) is 0 Å². The number of ether oxygens (including phenoxy) is 1. The normalized spacial score (nSPS) is 16.3. The van der Waals surface area contributed by atoms with Crippen molar-refractivity contribution in [3.05, 3.63) is 35.9 Å². The maximum Gasteiger partial charge on any atom is 0.391 e. The highest BCUT2D eigenvalue weighted by molar-refractivity contribution is 5.79. The van der Waals surface area contributed by atoms with Gasteiger partial charge in [0.1, 0.15) is 5.75 Å². The van der Waals surface area contributed by atoms with Crippen LogP contribution < -0.4 is 4.74 Å². The standard InChI is InChI=1S/C17H20F3NO2/c1-3-12-4-5-13(15(10-12)23-2)11-16(22)21-8-6-14(7-9-21)17(18,19)20/h3-5,10,14H,1,6-9,11H2,2H3. The molecule has 1 saturated heterocycles. The van der Waals surface area contributed by atoms with Gasteiger partial charge in [0.15, 0.2) is 0 Å². The number of carbonyl (C=O) groups is 1. The number of methoxy groups -OCH3 is 1. The zero-order valence-electron chi connectivity index (χ0n) is 13.0. The minimum atomic E-state index is -4.17. The van der Waals surface area contributed by atoms with Crippen LogP contribution in [-0.2, 0) is 11.2 Å². The number of carbonyl (C=O) groups excluding carboxylic acids is 1. The predicted octanol–water partition coefficient (Wildman–Crippen LogP) is 3.68. The summed E-state index contributed by atoms with van der Waals surface area (Å²) in [6, 6.07) is 5.40. The predicted molar refractivity (Wildman–Crippen MR) is 82.1 cm³/mol. The van der Waals surface area contributed by atoms with Crippen LogP contribution in [0.2, 0.25) is 0 Å². The number of hydrogen-bond donors (Lipinski definition) is 0. The van der Waals surface area contributed by atoms with E-state index in [0.29, 0.717) is 5.75 Å². The summed E-state index contributed by atoms with van der Waals surface area (Å²) in [5, 5.41) is 0. The Bertz CT molecular complexity index is 576. The first-order valence-electron chi connectivity index (χ1n) is 7.49. The second-order valence-electron chi connectivity index (χ2n) is 5.65. The minimum Gasteiger partial charge on any atom is -0.496 e. The fourth-order valence-corrected chi connectivity index (χ4v) is 2.77. The van der Waals surface area contributed by atoms with Crippen molar-refractivity contribution in [3.8, 4) is 5.75 Å². The molecule has 3 nitrogen and oxygen atoms in total. The van der Waals surface area contributed by atoms with Crippen LogP contribution in [0.3, 0.4) is 0 Å². The fraction of sp³-hybridized carbons (Fsp3) is 0.471. The zero-order valence-corrected chi connectivity index (χ0v) is 13.0. The molecule has 0 unspecified atom stereocenters. The highest BCUT2D eigenvalue weighted by Gasteiger charge is 2.41. The van der Waals surface area contributed by atoms with Crippen LogP contribution >= 0.6 is 0 Å². The van der Waals surface area contributed by atoms with Crippen LogP contribution in [-0.4, -0.2) is 37.2 Å². The second-order valence-corrected chi connectivity index (χ2v) is 5.65. The van der Waals surface area contributed by atoms with E-state index in [4.69, 9.17) is 4.74 Å². The van der Waals surface area contributed by atoms with Gasteiger partial charge in [0.2, 0.25) is 5.91 Å². The number of benzene rings is 1. The molecule has 2 rings (SSSR count). The van der Waals surface area contributed by atoms with Crippen LogP contribution in [0, 0.1) is 5.92 Å². The topological polar surface area (TPSA) is 29.5 Å². The molecule has 0 N–H and O–H groups in total. The molecule has 126 valence electrons. The summed E-state index contributed by atoms with van der Waals surface area (Å²) in [5.41, 5.74) is 1.60. The van der Waals surface area contributed by atoms with E-state index in [1.165, 1.54) is 12.0 Å². The third-order valence-corrected chi connectivity index (χ3v) is 4.20. The van der Waals surface area contributed by atoms with E-state index in [2.05, 4.69) is 6.58 Å². The summed E-state index contributed by atoms with van der Waals surface area (Å²) in [5.74, 6) is -0.885. The Morgan fingerprint density at radius 1 is 1.39 bits per heavy atom. The number of piperidine rings is 1. The smallest absolute Gasteiger partial charge is 0.391 e. The Labute approximate surface area is 133 Å². The van der Waals surface area contributed by atoms with Crippen LogP contribution in [0.4, 0.5) is 13.2 Å². The lowest BCUT2D eigenvalue weighted by Crippen LogP contribution is -2.42. The summed E-state index contributed by atoms with van der Waals surface area (Å²) in [4.78, 5) is 13.8. The van der Waals surface area contributed by atoms with Gasteiger partial charge >= 0.3 is 6.18 Å². The lowest BCUT2D eigenvalue weighted by molar-refractivity contribution is -0.186. The number of nitrogens with zero attached hydrogens (tertiary/aromatic N) is 1. The monoisotopic (exact) mass is 327 g/mol. The molecule has 1 heterocycles. The van der Waals surface area contributed by atoms with Gasteiger partial charge in [-0.2, -0.15) is 13.2 Å². The van der Waals surface area contributed by atoms with E-state index in [0.717, 1.165) is 11.1 Å². The van der Waals surface area contributed by atoms with Crippen molar-refractivity contribution in [1.29, 1.82) is 0 Å². The number of amides is 1. The van der Waals surface area contributed by atoms with E-state index < -0.39 is 12.1 Å². The van der Waals surface area contributed by atoms with E-state index in [1.54, 1.807) is 18.2 Å². The van der Waals surface area contributed by atoms with Crippen molar-refractivity contribution in [1.82, 2.24) is 4.90 Å². The lowest BCUT2D eigenvalue weighted by atomic mass is 9.96. The summed E-state index contributed by atoms with van der Waals surface area (Å²) in [6.07, 6.45) is -2.42. The Morgan fingerprint density at radius 2 is 2.04 bits per heavy atom. The summed E-state index contributed by atoms with van der Waals surface area (Å²) in [6.45, 7) is 3.97. The Balaban J connectivity index is 1.99. The van der Waals surface area contributed by atoms with Crippen LogP contribution in [0.15, 0.2) is 24.8 Å². The van der Waals surface area contributed by atoms with Gasteiger partial charge in [-0.05, 0) is 24.5 Å². The lowest BCUT2D eigenvalue weighted by Gasteiger charge is -2.33. The average molecular weight is 327 g/mol. The molecule has 0 bridgehead atoms. The van der Waals surface area contributed by atoms with Crippen molar-refractivity contribution >= 4 is 12.0 Å². The van der Waals surface area contributed by atoms with Gasteiger partial charge < -0.3 is 9.64 Å². The first-order valence-corrected chi connectivity index (χ1v) is 7.49. The van der Waals surface area contributed by atoms with E-state index in [9.17, 15) is 18.0 Å². The third-order valence-electron chi connectivity index (χ3n) is 4.20. The molecule has 0 spiro atoms. The first kappa shape index (κ1) is 17.4. The molecule has 1 aromatic carbocycles. The molecule has 1 aliphatic rings. The third kappa shape index (κ3) is 4.27. The minimum absolute atomic E-state index is 0.0260. The quantitative estimate of drug-likeness (QED) is 0.844. The molecule has 1 fully saturated rings. The molecular formula is C17H20F3NO2. The van der Waals surface area contributed by atoms with Gasteiger partial charge in [0.05, 0.1) is 19.4 Å². The summed E-state index contributed by atoms with van der Waals surface area (Å²) in [7, 11) is 1.52. The number of likely N-dealkylation sites (tertiary alicyclic amines) is 1. The largest absolute Gasteiger partial charge is 0.496 e. The maximum absolute atomic E-state index is 12.7. The molecule has 0 aliphatic carbocycles. The van der Waals surface area contributed by atoms with E-state index in [1.807, 2.05) is 6.07 Å². The van der Waals surface area contributed by atoms with Gasteiger partial charge in [-0.25, -0.2) is 0 Å². The number of halogens is 3. The molecule has 1 aromatic rings. The number of hydrogen-bond acceptors (Lipinski definition) is 2. The zero-order chi connectivity index (χ0) is 17.0. The van der Waals surface area contributed by atoms with Crippen molar-refractivity contribution in [2.24, 2.45) is 5.92 Å². The summed E-state index contributed by atoms with van der Waals surface area (Å²) >= 11 is 0. The van der Waals surface area contributed by atoms with Gasteiger partial charge in [-0.15, -0.1) is 0 Å². The van der Waals surface area contributed by atoms with E-state index >= 15 is 0 Å². The maximum atomic E-state index is 12.7. The molecule has 1 amide bonds. The van der Waals surface area contributed by atoms with Gasteiger partial charge in [0, 0.05) is 18.7 Å². The van der Waals surface area contributed by atoms with E-state index in [-0.39, 0.29) is 38.3 Å². The number of rotatable bonds is 4. The van der Waals surface area contributed by atoms with Crippen LogP contribution in [0.5, 0.6) is 5.75 Å². The summed E-state index contributed by atoms with van der Waals surface area (Å²) < 4.78 is 43.2. The molecule has 0 radical (unpaired) electrons. The number of alkyl halides is 3. The molecule has 1 aliphatic heterocycles. The first-order chi connectivity index (χ1) is 10.8. The highest BCUT2D eigenvalue weighted by atomic mass is 19.4. The second kappa shape index (κ2) is 7.06. The van der Waals surface area contributed by atoms with Crippen molar-refractivity contribution < 1.29 is 22.7 Å². The molecule has 0 saturated carbocycles. The van der Waals surface area contributed by atoms with Crippen LogP contribution in [0.25, 0.3) is 6.08 Å². The Morgan fingerprint density at radius 3 is 2.57 bits per heavy atom. The molecule has 0 atom stereocenters. The average Bonchev–Trinajstić information content (AvgIpc) is 2.54. The molecule has 0 aromatic heterocycles. The van der Waals surface area contributed by atoms with Crippen molar-refractivity contribution in [2.75, 3.05) is 20.2 Å². The van der Waals surface area contributed by atoms with Crippen molar-refractivity contribution in [2.45, 2.75) is 25.4 Å². The molecule has 6 heteroatoms. The van der Waals surface area contributed by atoms with Crippen LogP contribution in [0.1, 0.15) is 24.0 Å². The highest BCUT2D eigenvalue weighted by Crippen LogP contribution is 2.34. The molecule has 23 heavy (non-hydrogen) atoms. The Kier molecular flexibility index (Phi) is 5.34.